The van der Waals surface area contributed by atoms with E-state index >= 15 is 0 Å². The summed E-state index contributed by atoms with van der Waals surface area (Å²) in [6, 6.07) is 4.95. The zero-order valence-electron chi connectivity index (χ0n) is 29.2. The molecule has 3 atom stereocenters. The highest BCUT2D eigenvalue weighted by Crippen LogP contribution is 2.49. The van der Waals surface area contributed by atoms with Gasteiger partial charge in [0.2, 0.25) is 5.91 Å². The largest absolute Gasteiger partial charge is 0.418 e. The monoisotopic (exact) mass is 740 g/mol. The normalized spacial score (nSPS) is 19.1. The lowest BCUT2D eigenvalue weighted by atomic mass is 9.82. The number of imide groups is 1. The fourth-order valence-electron chi connectivity index (χ4n) is 6.44. The lowest BCUT2D eigenvalue weighted by molar-refractivity contribution is -0.322. The highest BCUT2D eigenvalue weighted by molar-refractivity contribution is 8.18. The van der Waals surface area contributed by atoms with Gasteiger partial charge in [-0.25, -0.2) is 22.2 Å². The minimum absolute atomic E-state index is 0.0592. The first-order chi connectivity index (χ1) is 23.3. The van der Waals surface area contributed by atoms with E-state index in [1.54, 1.807) is 35.7 Å². The number of carbonyl (C=O) groups excluding carboxylic acids is 2. The number of benzene rings is 1. The van der Waals surface area contributed by atoms with Gasteiger partial charge in [0.15, 0.2) is 0 Å². The van der Waals surface area contributed by atoms with Crippen LogP contribution in [-0.4, -0.2) is 88.4 Å². The van der Waals surface area contributed by atoms with Crippen LogP contribution in [0.15, 0.2) is 41.7 Å². The molecule has 2 amide bonds. The summed E-state index contributed by atoms with van der Waals surface area (Å²) in [6.07, 6.45) is 9.59. The van der Waals surface area contributed by atoms with Crippen molar-refractivity contribution in [2.75, 3.05) is 25.7 Å². The molecule has 1 saturated carbocycles. The van der Waals surface area contributed by atoms with Gasteiger partial charge in [-0.15, -0.1) is 23.5 Å². The Balaban J connectivity index is 1.65. The number of nitrogens with zero attached hydrogens (tertiary/aromatic N) is 2. The third-order valence-electron chi connectivity index (χ3n) is 9.32. The van der Waals surface area contributed by atoms with Gasteiger partial charge in [-0.1, -0.05) is 63.1 Å². The Morgan fingerprint density at radius 2 is 1.76 bits per heavy atom. The molecule has 0 radical (unpaired) electrons. The number of aliphatic hydroxyl groups is 1. The van der Waals surface area contributed by atoms with Crippen LogP contribution in [0.5, 0.6) is 0 Å². The lowest BCUT2D eigenvalue weighted by Crippen LogP contribution is -2.59. The number of carbonyl (C=O) groups is 2. The number of methoxy groups -OCH3 is 2. The molecular formula is C34H52N4O8S3. The Morgan fingerprint density at radius 1 is 1.10 bits per heavy atom. The Morgan fingerprint density at radius 3 is 2.37 bits per heavy atom. The van der Waals surface area contributed by atoms with Crippen LogP contribution in [0.3, 0.4) is 0 Å². The predicted molar refractivity (Wildman–Crippen MR) is 192 cm³/mol. The molecule has 2 aliphatic rings. The zero-order chi connectivity index (χ0) is 35.7. The number of amides is 2. The van der Waals surface area contributed by atoms with Gasteiger partial charge in [0.1, 0.15) is 6.33 Å². The van der Waals surface area contributed by atoms with Crippen LogP contribution in [0.25, 0.3) is 0 Å². The molecular weight excluding hydrogens is 689 g/mol. The van der Waals surface area contributed by atoms with Crippen molar-refractivity contribution in [3.05, 3.63) is 48.0 Å². The Bertz CT molecular complexity index is 1460. The van der Waals surface area contributed by atoms with Crippen LogP contribution in [0.4, 0.5) is 4.79 Å². The van der Waals surface area contributed by atoms with E-state index in [2.05, 4.69) is 22.5 Å². The average molecular weight is 741 g/mol. The van der Waals surface area contributed by atoms with E-state index in [4.69, 9.17) is 14.2 Å². The van der Waals surface area contributed by atoms with Crippen molar-refractivity contribution in [3.63, 3.8) is 0 Å². The van der Waals surface area contributed by atoms with E-state index < -0.39 is 50.3 Å². The number of ether oxygens (including phenoxy) is 3. The maximum absolute atomic E-state index is 13.9. The highest BCUT2D eigenvalue weighted by Gasteiger charge is 2.45. The van der Waals surface area contributed by atoms with Gasteiger partial charge in [-0.05, 0) is 55.7 Å². The number of hydrogen-bond acceptors (Lipinski definition) is 12. The molecule has 12 nitrogen and oxygen atoms in total. The Kier molecular flexibility index (Phi) is 14.5. The second kappa shape index (κ2) is 17.9. The molecule has 15 heteroatoms. The van der Waals surface area contributed by atoms with Gasteiger partial charge >= 0.3 is 12.1 Å². The summed E-state index contributed by atoms with van der Waals surface area (Å²) < 4.78 is 42.8. The van der Waals surface area contributed by atoms with Crippen molar-refractivity contribution in [2.24, 2.45) is 5.92 Å². The second-order valence-electron chi connectivity index (χ2n) is 13.0. The summed E-state index contributed by atoms with van der Waals surface area (Å²) in [4.78, 5) is 31.2. The first kappa shape index (κ1) is 39.6. The van der Waals surface area contributed by atoms with E-state index in [-0.39, 0.29) is 11.3 Å². The fourth-order valence-corrected chi connectivity index (χ4v) is 11.2. The quantitative estimate of drug-likeness (QED) is 0.193. The molecule has 1 unspecified atom stereocenters. The number of alkyl carbamates (subject to hydrolysis) is 1. The first-order valence-electron chi connectivity index (χ1n) is 17.1. The molecule has 0 bridgehead atoms. The minimum atomic E-state index is -3.94. The summed E-state index contributed by atoms with van der Waals surface area (Å²) >= 11 is 3.58. The van der Waals surface area contributed by atoms with Crippen LogP contribution in [0.2, 0.25) is 0 Å². The number of nitrogens with one attached hydrogen (secondary N) is 2. The van der Waals surface area contributed by atoms with Gasteiger partial charge in [0, 0.05) is 39.8 Å². The van der Waals surface area contributed by atoms with Crippen molar-refractivity contribution in [3.8, 4) is 0 Å². The summed E-state index contributed by atoms with van der Waals surface area (Å²) in [5.74, 6) is -0.182. The lowest BCUT2D eigenvalue weighted by Gasteiger charge is -2.45. The third-order valence-corrected chi connectivity index (χ3v) is 14.5. The zero-order valence-corrected chi connectivity index (χ0v) is 31.6. The topological polar surface area (TPSA) is 158 Å². The minimum Gasteiger partial charge on any atom is -0.391 e. The molecule has 2 heterocycles. The Hall–Kier alpha value is -2.14. The number of rotatable bonds is 16. The van der Waals surface area contributed by atoms with Crippen molar-refractivity contribution in [1.29, 1.82) is 0 Å². The van der Waals surface area contributed by atoms with Crippen LogP contribution in [0.1, 0.15) is 82.9 Å². The average Bonchev–Trinajstić information content (AvgIpc) is 3.58. The molecule has 1 aromatic heterocycles. The maximum atomic E-state index is 13.9. The van der Waals surface area contributed by atoms with Gasteiger partial charge in [-0.2, -0.15) is 0 Å². The highest BCUT2D eigenvalue weighted by atomic mass is 32.2. The van der Waals surface area contributed by atoms with Gasteiger partial charge in [0.05, 0.1) is 26.8 Å². The first-order valence-corrected chi connectivity index (χ1v) is 20.5. The maximum Gasteiger partial charge on any atom is 0.418 e. The second-order valence-corrected chi connectivity index (χ2v) is 17.9. The summed E-state index contributed by atoms with van der Waals surface area (Å²) in [6.45, 7) is 5.38. The number of imidazole rings is 1. The molecule has 2 fully saturated rings. The molecule has 274 valence electrons. The molecule has 1 aromatic carbocycles. The number of aryl methyl sites for hydroxylation is 1. The molecule has 0 spiro atoms. The van der Waals surface area contributed by atoms with E-state index in [0.717, 1.165) is 66.0 Å². The molecule has 1 aliphatic heterocycles. The standard InChI is InChI=1S/C34H52N4O8S3/c1-6-17-34(47-18-10-19-48-34)30(39)28(20-25-11-8-7-9-12-25)36-29(31(40)37-32(41)46-33(3,44-4)45-5)21-26-22-38(23-35-26)49(42,43)27-15-13-24(2)14-16-27/h13-16,22-23,25,28-30,36,39H,6-12,17-21H2,1-5H3,(H,37,40,41)/t28-,29-,30?/m0/s1. The van der Waals surface area contributed by atoms with Gasteiger partial charge in [-0.3, -0.25) is 10.1 Å². The van der Waals surface area contributed by atoms with E-state index in [0.29, 0.717) is 18.0 Å². The van der Waals surface area contributed by atoms with Crippen LogP contribution in [-0.2, 0) is 35.4 Å². The van der Waals surface area contributed by atoms with Crippen LogP contribution in [0, 0.1) is 12.8 Å². The van der Waals surface area contributed by atoms with Gasteiger partial charge < -0.3 is 24.6 Å². The van der Waals surface area contributed by atoms with E-state index in [1.165, 1.54) is 52.2 Å². The molecule has 2 aromatic rings. The summed E-state index contributed by atoms with van der Waals surface area (Å²) in [5, 5.41) is 18.0. The Labute approximate surface area is 299 Å². The number of hydrogen-bond donors (Lipinski definition) is 3. The number of aliphatic hydroxyl groups excluding tert-OH is 1. The molecule has 1 aliphatic carbocycles. The summed E-state index contributed by atoms with van der Waals surface area (Å²) in [7, 11) is -1.33. The fraction of sp³-hybridized carbons (Fsp3) is 0.676. The van der Waals surface area contributed by atoms with Crippen LogP contribution < -0.4 is 10.6 Å². The number of aromatic nitrogens is 2. The molecule has 1 saturated heterocycles. The molecule has 3 N–H and O–H groups in total. The predicted octanol–water partition coefficient (Wildman–Crippen LogP) is 5.21. The van der Waals surface area contributed by atoms with E-state index in [9.17, 15) is 23.1 Å². The molecule has 49 heavy (non-hydrogen) atoms. The van der Waals surface area contributed by atoms with E-state index in [1.807, 2.05) is 6.92 Å². The van der Waals surface area contributed by atoms with Crippen molar-refractivity contribution < 1.29 is 37.3 Å². The smallest absolute Gasteiger partial charge is 0.391 e. The third kappa shape index (κ3) is 10.5. The van der Waals surface area contributed by atoms with Crippen molar-refractivity contribution >= 4 is 45.5 Å². The summed E-state index contributed by atoms with van der Waals surface area (Å²) in [5.41, 5.74) is 1.24. The SMILES string of the molecule is CCCC1(C(O)[C@H](CC2CCCCC2)N[C@@H](Cc2cn(S(=O)(=O)c3ccc(C)cc3)cn2)C(=O)NC(=O)OC(C)(OC)OC)SCCCS1. The van der Waals surface area contributed by atoms with Crippen molar-refractivity contribution in [2.45, 2.75) is 118 Å². The van der Waals surface area contributed by atoms with Gasteiger partial charge in [0.25, 0.3) is 10.0 Å². The molecule has 4 rings (SSSR count). The number of thioether (sulfide) groups is 2. The van der Waals surface area contributed by atoms with Crippen molar-refractivity contribution in [1.82, 2.24) is 19.6 Å². The van der Waals surface area contributed by atoms with Crippen LogP contribution >= 0.6 is 23.5 Å².